The predicted molar refractivity (Wildman–Crippen MR) is 66.8 cm³/mol. The third-order valence-corrected chi connectivity index (χ3v) is 3.51. The minimum absolute atomic E-state index is 0.257. The number of carbonyl (C=O) groups is 1. The lowest BCUT2D eigenvalue weighted by Crippen LogP contribution is -2.44. The lowest BCUT2D eigenvalue weighted by atomic mass is 10.0. The van der Waals surface area contributed by atoms with Crippen LogP contribution in [0.2, 0.25) is 0 Å². The molecule has 2 rings (SSSR count). The van der Waals surface area contributed by atoms with Gasteiger partial charge in [0.2, 0.25) is 5.95 Å². The number of pyridine rings is 1. The van der Waals surface area contributed by atoms with E-state index >= 15 is 0 Å². The van der Waals surface area contributed by atoms with E-state index in [1.54, 1.807) is 0 Å². The quantitative estimate of drug-likeness (QED) is 0.847. The number of likely N-dealkylation sites (tertiary alicyclic amines) is 1. The molecular weight excluding hydrogens is 252 g/mol. The van der Waals surface area contributed by atoms with E-state index in [0.717, 1.165) is 32.0 Å². The van der Waals surface area contributed by atoms with Crippen molar-refractivity contribution in [2.75, 3.05) is 20.1 Å². The molecule has 0 bridgehead atoms. The van der Waals surface area contributed by atoms with E-state index in [0.29, 0.717) is 6.54 Å². The van der Waals surface area contributed by atoms with Crippen molar-refractivity contribution in [1.29, 1.82) is 0 Å². The second-order valence-electron chi connectivity index (χ2n) is 4.80. The topological polar surface area (TPSA) is 45.2 Å². The number of halogens is 2. The highest BCUT2D eigenvalue weighted by Gasteiger charge is 2.21. The Labute approximate surface area is 110 Å². The minimum atomic E-state index is -1.25. The molecule has 1 unspecified atom stereocenters. The standard InChI is InChI=1S/C13H17F2N3O/c1-18-7-3-2-4-9(18)8-17-13(19)10-5-6-16-12(15)11(10)14/h5-6,9H,2-4,7-8H2,1H3,(H,17,19). The van der Waals surface area contributed by atoms with E-state index in [9.17, 15) is 13.6 Å². The molecule has 1 saturated heterocycles. The Kier molecular flexibility index (Phi) is 4.42. The molecule has 4 nitrogen and oxygen atoms in total. The van der Waals surface area contributed by atoms with Gasteiger partial charge in [0.25, 0.3) is 5.91 Å². The zero-order chi connectivity index (χ0) is 13.8. The summed E-state index contributed by atoms with van der Waals surface area (Å²) in [5, 5.41) is 2.65. The van der Waals surface area contributed by atoms with E-state index < -0.39 is 17.7 Å². The maximum atomic E-state index is 13.4. The molecule has 0 saturated carbocycles. The van der Waals surface area contributed by atoms with Gasteiger partial charge >= 0.3 is 0 Å². The maximum Gasteiger partial charge on any atom is 0.254 e. The van der Waals surface area contributed by atoms with Crippen LogP contribution in [-0.4, -0.2) is 42.0 Å². The number of piperidine rings is 1. The summed E-state index contributed by atoms with van der Waals surface area (Å²) in [6.07, 6.45) is 4.37. The molecule has 1 atom stereocenters. The fourth-order valence-corrected chi connectivity index (χ4v) is 2.30. The molecule has 1 aliphatic rings. The van der Waals surface area contributed by atoms with E-state index in [2.05, 4.69) is 15.2 Å². The predicted octanol–water partition coefficient (Wildman–Crippen LogP) is 1.57. The number of aromatic nitrogens is 1. The first-order valence-electron chi connectivity index (χ1n) is 6.38. The van der Waals surface area contributed by atoms with Crippen molar-refractivity contribution in [3.05, 3.63) is 29.6 Å². The summed E-state index contributed by atoms with van der Waals surface area (Å²) in [4.78, 5) is 17.1. The summed E-state index contributed by atoms with van der Waals surface area (Å²) in [6, 6.07) is 1.44. The summed E-state index contributed by atoms with van der Waals surface area (Å²) in [5.41, 5.74) is -0.300. The van der Waals surface area contributed by atoms with Crippen molar-refractivity contribution in [2.24, 2.45) is 0 Å². The zero-order valence-electron chi connectivity index (χ0n) is 10.8. The molecule has 1 aliphatic heterocycles. The van der Waals surface area contributed by atoms with Crippen LogP contribution in [0.3, 0.4) is 0 Å². The van der Waals surface area contributed by atoms with E-state index in [1.165, 1.54) is 6.07 Å². The Hall–Kier alpha value is -1.56. The highest BCUT2D eigenvalue weighted by atomic mass is 19.2. The fourth-order valence-electron chi connectivity index (χ4n) is 2.30. The number of likely N-dealkylation sites (N-methyl/N-ethyl adjacent to an activating group) is 1. The van der Waals surface area contributed by atoms with E-state index in [4.69, 9.17) is 0 Å². The normalized spacial score (nSPS) is 20.3. The Balaban J connectivity index is 1.95. The maximum absolute atomic E-state index is 13.4. The Morgan fingerprint density at radius 2 is 2.32 bits per heavy atom. The van der Waals surface area contributed by atoms with Gasteiger partial charge in [0.15, 0.2) is 5.82 Å². The molecule has 19 heavy (non-hydrogen) atoms. The van der Waals surface area contributed by atoms with Crippen LogP contribution in [0.25, 0.3) is 0 Å². The monoisotopic (exact) mass is 269 g/mol. The molecule has 1 aromatic heterocycles. The summed E-state index contributed by atoms with van der Waals surface area (Å²) in [6.45, 7) is 1.44. The van der Waals surface area contributed by atoms with Gasteiger partial charge < -0.3 is 10.2 Å². The number of hydrogen-bond donors (Lipinski definition) is 1. The van der Waals surface area contributed by atoms with Crippen molar-refractivity contribution in [2.45, 2.75) is 25.3 Å². The van der Waals surface area contributed by atoms with Gasteiger partial charge in [-0.1, -0.05) is 6.42 Å². The first-order valence-corrected chi connectivity index (χ1v) is 6.38. The average Bonchev–Trinajstić information content (AvgIpc) is 2.40. The molecule has 1 N–H and O–H groups in total. The van der Waals surface area contributed by atoms with Gasteiger partial charge in [-0.3, -0.25) is 4.79 Å². The number of nitrogens with one attached hydrogen (secondary N) is 1. The van der Waals surface area contributed by atoms with Crippen molar-refractivity contribution >= 4 is 5.91 Å². The summed E-state index contributed by atoms with van der Waals surface area (Å²) in [7, 11) is 2.00. The number of carbonyl (C=O) groups excluding carboxylic acids is 1. The highest BCUT2D eigenvalue weighted by Crippen LogP contribution is 2.14. The van der Waals surface area contributed by atoms with Crippen LogP contribution in [0, 0.1) is 11.8 Å². The van der Waals surface area contributed by atoms with Gasteiger partial charge in [0.1, 0.15) is 0 Å². The molecule has 1 fully saturated rings. The van der Waals surface area contributed by atoms with Gasteiger partial charge in [-0.05, 0) is 32.5 Å². The lowest BCUT2D eigenvalue weighted by Gasteiger charge is -2.32. The molecule has 1 amide bonds. The van der Waals surface area contributed by atoms with Crippen LogP contribution in [-0.2, 0) is 0 Å². The average molecular weight is 269 g/mol. The zero-order valence-corrected chi connectivity index (χ0v) is 10.8. The third-order valence-electron chi connectivity index (χ3n) is 3.51. The van der Waals surface area contributed by atoms with Gasteiger partial charge in [0, 0.05) is 18.8 Å². The molecule has 0 radical (unpaired) electrons. The second-order valence-corrected chi connectivity index (χ2v) is 4.80. The van der Waals surface area contributed by atoms with Crippen LogP contribution in [0.15, 0.2) is 12.3 Å². The van der Waals surface area contributed by atoms with Crippen LogP contribution in [0.5, 0.6) is 0 Å². The minimum Gasteiger partial charge on any atom is -0.350 e. The van der Waals surface area contributed by atoms with E-state index in [1.807, 2.05) is 7.05 Å². The number of rotatable bonds is 3. The largest absolute Gasteiger partial charge is 0.350 e. The molecule has 6 heteroatoms. The second kappa shape index (κ2) is 6.06. The summed E-state index contributed by atoms with van der Waals surface area (Å²) < 4.78 is 26.3. The van der Waals surface area contributed by atoms with Crippen molar-refractivity contribution in [1.82, 2.24) is 15.2 Å². The third kappa shape index (κ3) is 3.26. The fraction of sp³-hybridized carbons (Fsp3) is 0.538. The van der Waals surface area contributed by atoms with Crippen molar-refractivity contribution < 1.29 is 13.6 Å². The molecule has 0 spiro atoms. The Bertz CT molecular complexity index is 467. The molecule has 0 aromatic carbocycles. The van der Waals surface area contributed by atoms with Crippen molar-refractivity contribution in [3.63, 3.8) is 0 Å². The van der Waals surface area contributed by atoms with Gasteiger partial charge in [-0.25, -0.2) is 9.37 Å². The van der Waals surface area contributed by atoms with Crippen LogP contribution in [0.4, 0.5) is 8.78 Å². The SMILES string of the molecule is CN1CCCCC1CNC(=O)c1ccnc(F)c1F. The number of amides is 1. The smallest absolute Gasteiger partial charge is 0.254 e. The molecule has 0 aliphatic carbocycles. The first kappa shape index (κ1) is 13.9. The molecule has 1 aromatic rings. The van der Waals surface area contributed by atoms with Crippen LogP contribution >= 0.6 is 0 Å². The Morgan fingerprint density at radius 1 is 1.53 bits per heavy atom. The molecule has 2 heterocycles. The lowest BCUT2D eigenvalue weighted by molar-refractivity contribution is 0.0923. The number of hydrogen-bond acceptors (Lipinski definition) is 3. The highest BCUT2D eigenvalue weighted by molar-refractivity contribution is 5.94. The summed E-state index contributed by atoms with van der Waals surface area (Å²) >= 11 is 0. The van der Waals surface area contributed by atoms with E-state index in [-0.39, 0.29) is 11.6 Å². The van der Waals surface area contributed by atoms with Crippen LogP contribution < -0.4 is 5.32 Å². The van der Waals surface area contributed by atoms with Gasteiger partial charge in [-0.15, -0.1) is 0 Å². The van der Waals surface area contributed by atoms with Crippen molar-refractivity contribution in [3.8, 4) is 0 Å². The number of nitrogens with zero attached hydrogens (tertiary/aromatic N) is 2. The Morgan fingerprint density at radius 3 is 3.05 bits per heavy atom. The first-order chi connectivity index (χ1) is 9.09. The molecular formula is C13H17F2N3O. The van der Waals surface area contributed by atoms with Gasteiger partial charge in [0.05, 0.1) is 5.56 Å². The van der Waals surface area contributed by atoms with Gasteiger partial charge in [-0.2, -0.15) is 4.39 Å². The molecule has 104 valence electrons. The van der Waals surface area contributed by atoms with Crippen LogP contribution in [0.1, 0.15) is 29.6 Å². The summed E-state index contributed by atoms with van der Waals surface area (Å²) in [5.74, 6) is -3.04.